The van der Waals surface area contributed by atoms with Gasteiger partial charge in [-0.1, -0.05) is 48.5 Å². The maximum Gasteiger partial charge on any atom is 0.344 e. The van der Waals surface area contributed by atoms with E-state index in [1.807, 2.05) is 118 Å². The minimum atomic E-state index is -3.55. The number of nitrogens with zero attached hydrogens (tertiary/aromatic N) is 3. The van der Waals surface area contributed by atoms with Crippen molar-refractivity contribution in [1.29, 1.82) is 15.8 Å². The van der Waals surface area contributed by atoms with Crippen molar-refractivity contribution in [1.82, 2.24) is 0 Å². The summed E-state index contributed by atoms with van der Waals surface area (Å²) in [5, 5.41) is 27.3. The Kier molecular flexibility index (Phi) is 31.8. The highest BCUT2D eigenvalue weighted by molar-refractivity contribution is 8.03. The van der Waals surface area contributed by atoms with Crippen LogP contribution in [0.3, 0.4) is 0 Å². The standard InChI is InChI=1S/C17H21NO6.C16H21NO4.3C16H24O4.C15H19NO4.C14H20O7S2/c1-4-16(2,3)14(20)22-7-11(19)23-12-9-5-10-13(12)24-15(21)17(10,6-9)8-18;1-4-15(2,3)13(18)20-7-10-9-5-11-12(10)21-14(19)16(11,6-9)8-17;2*1-4-15(2,3)14(18)20-16-7-10-5-11(8-16)13(17)19-12(6-10)9-16;1-4-16(2,3)15(18)20-13-10-5-9-6-11(8-10)14(17)19-12(13)7-9;1-4-14(2,3)12(17)19-10-8-5-9-11(10)20-13(18)15(9,6-8)7-16;1-4-14(2,3)13(16)19-6-9(15)20-10-7-5-8-12(22-7)11(10)21-23(8,17)18/h9-10,12-13H,4-7H2,1-3H3;9-12H,4-7H2,1-3H3;2*10-12H,4-9H2,1-3H3;9-13H,4-8H2,1-3H3;8-11H,4-6H2,1-3H3;7-8,10-12H,4-6H2,1-3H3. The minimum absolute atomic E-state index is 0.0112. The van der Waals surface area contributed by atoms with Gasteiger partial charge in [-0.05, 0) is 275 Å². The van der Waals surface area contributed by atoms with E-state index in [0.29, 0.717) is 107 Å². The monoisotopic (exact) mass is 2110 g/mol. The normalized spacial score (nSPS) is 38.8. The molecule has 36 nitrogen and oxygen atoms in total. The molecule has 0 spiro atoms. The molecule has 0 aromatic carbocycles. The minimum Gasteiger partial charge on any atom is -0.465 e. The first-order valence-electron chi connectivity index (χ1n) is 54.0. The molecule has 0 aromatic rings. The average Bonchev–Trinajstić information content (AvgIpc) is 1.55. The molecule has 12 aliphatic heterocycles. The lowest BCUT2D eigenvalue weighted by Gasteiger charge is -2.46. The van der Waals surface area contributed by atoms with E-state index < -0.39 is 160 Å². The van der Waals surface area contributed by atoms with E-state index in [1.54, 1.807) is 27.7 Å². The number of thioether (sulfide) groups is 1. The molecule has 12 saturated carbocycles. The lowest BCUT2D eigenvalue weighted by Crippen LogP contribution is -2.49. The van der Waals surface area contributed by atoms with Crippen molar-refractivity contribution >= 4 is 111 Å². The average molecular weight is 2110 g/mol. The van der Waals surface area contributed by atoms with E-state index in [4.69, 9.17) is 75.2 Å². The van der Waals surface area contributed by atoms with Gasteiger partial charge in [0, 0.05) is 72.4 Å². The molecule has 0 N–H and O–H groups in total. The topological polar surface area (TPSA) is 509 Å². The fourth-order valence-electron chi connectivity index (χ4n) is 26.5. The lowest BCUT2D eigenvalue weighted by molar-refractivity contribution is -0.185. The van der Waals surface area contributed by atoms with Crippen LogP contribution in [0.25, 0.3) is 0 Å². The van der Waals surface area contributed by atoms with Crippen LogP contribution in [-0.4, -0.2) is 212 Å². The van der Waals surface area contributed by atoms with Crippen molar-refractivity contribution in [3.63, 3.8) is 0 Å². The van der Waals surface area contributed by atoms with Gasteiger partial charge < -0.3 is 71.1 Å². The number of hydrogen-bond donors (Lipinski definition) is 0. The summed E-state index contributed by atoms with van der Waals surface area (Å²) in [6.45, 7) is 38.9. The SMILES string of the molecule is CCC(C)(C)C(=O)OC12CC3CC(C1)OC(=O)C(C3)C2.CCC(C)(C)C(=O)OC12CC3CC(C1)OC(=O)C(C3)C2.CCC(C)(C)C(=O)OC1C2CC3C1OC(=O)C3(C#N)C2.CCC(C)(C)C(=O)OC1C2CC3CC(C2)C(=O)OC1C3.CCC(C)(C)C(=O)OCC(=O)OC1C2CC3C(S2)C1OS3(=O)=O.CCC(C)(C)C(=O)OCC(=O)OC1C2CC3C1OC(=O)C3(C#N)C2.CCC(C)(C)C(=O)OCC1C2CC3C1OC(=O)C3(C#N)C2. The van der Waals surface area contributed by atoms with Crippen LogP contribution >= 0.6 is 11.8 Å². The van der Waals surface area contributed by atoms with Crippen molar-refractivity contribution in [2.24, 2.45) is 137 Å². The number of nitriles is 3. The molecule has 24 aliphatic rings. The maximum absolute atomic E-state index is 12.4. The van der Waals surface area contributed by atoms with Gasteiger partial charge in [-0.3, -0.25) is 66.5 Å². The molecule has 12 aliphatic carbocycles. The summed E-state index contributed by atoms with van der Waals surface area (Å²) in [6.07, 6.45) is 17.0. The number of ether oxygens (including phenoxy) is 15. The molecule has 24 rings (SSSR count). The maximum atomic E-state index is 12.4. The summed E-state index contributed by atoms with van der Waals surface area (Å²) in [5.41, 5.74) is -7.55. The highest BCUT2D eigenvalue weighted by atomic mass is 32.2. The first kappa shape index (κ1) is 113. The Labute approximate surface area is 872 Å². The summed E-state index contributed by atoms with van der Waals surface area (Å²) in [6, 6.07) is 6.44. The summed E-state index contributed by atoms with van der Waals surface area (Å²) in [4.78, 5) is 181. The summed E-state index contributed by atoms with van der Waals surface area (Å²) in [5.74, 6) is -2.93. The Hall–Kier alpha value is -9.22. The van der Waals surface area contributed by atoms with E-state index in [-0.39, 0.29) is 160 Å². The number of rotatable bonds is 26. The van der Waals surface area contributed by atoms with Gasteiger partial charge in [0.05, 0.1) is 85.7 Å². The van der Waals surface area contributed by atoms with Crippen LogP contribution in [0.2, 0.25) is 0 Å². The Bertz CT molecular complexity index is 5380. The Balaban J connectivity index is 0.000000129. The zero-order valence-electron chi connectivity index (χ0n) is 89.7. The van der Waals surface area contributed by atoms with E-state index >= 15 is 0 Å². The molecular weight excluding hydrogens is 1960 g/mol. The second kappa shape index (κ2) is 41.6. The summed E-state index contributed by atoms with van der Waals surface area (Å²) in [7, 11) is -3.55. The lowest BCUT2D eigenvalue weighted by atomic mass is 9.65. The van der Waals surface area contributed by atoms with Crippen molar-refractivity contribution in [2.45, 2.75) is 419 Å². The molecule has 33 atom stereocenters. The Morgan fingerprint density at radius 3 is 1.17 bits per heavy atom. The van der Waals surface area contributed by atoms with E-state index in [0.717, 1.165) is 103 Å². The second-order valence-corrected chi connectivity index (χ2v) is 54.0. The predicted molar refractivity (Wildman–Crippen MR) is 521 cm³/mol. The first-order chi connectivity index (χ1) is 69.2. The molecule has 24 fully saturated rings. The van der Waals surface area contributed by atoms with Gasteiger partial charge in [-0.15, -0.1) is 11.8 Å². The zero-order chi connectivity index (χ0) is 108. The van der Waals surface area contributed by atoms with Crippen molar-refractivity contribution in [2.75, 3.05) is 19.8 Å². The molecule has 33 unspecified atom stereocenters. The van der Waals surface area contributed by atoms with Gasteiger partial charge in [-0.25, -0.2) is 9.59 Å². The van der Waals surface area contributed by atoms with Gasteiger partial charge >= 0.3 is 89.5 Å². The fourth-order valence-corrected chi connectivity index (χ4v) is 30.7. The van der Waals surface area contributed by atoms with Crippen molar-refractivity contribution in [3.8, 4) is 18.2 Å². The summed E-state index contributed by atoms with van der Waals surface area (Å²) < 4.78 is 111. The molecule has 148 heavy (non-hydrogen) atoms. The highest BCUT2D eigenvalue weighted by Gasteiger charge is 2.76. The second-order valence-electron chi connectivity index (χ2n) is 50.8. The van der Waals surface area contributed by atoms with Gasteiger partial charge in [0.2, 0.25) is 0 Å². The Morgan fingerprint density at radius 2 is 0.730 bits per heavy atom. The van der Waals surface area contributed by atoms with Crippen LogP contribution in [0.15, 0.2) is 0 Å². The Morgan fingerprint density at radius 1 is 0.358 bits per heavy atom. The quantitative estimate of drug-likeness (QED) is 0.0441. The molecule has 0 amide bonds. The number of carbonyl (C=O) groups is 15. The molecule has 38 heteroatoms. The third-order valence-electron chi connectivity index (χ3n) is 38.3. The van der Waals surface area contributed by atoms with Crippen LogP contribution < -0.4 is 0 Å². The number of fused-ring (bicyclic) bond motifs is 7. The molecular formula is C110H153N3O33S2. The van der Waals surface area contributed by atoms with Gasteiger partial charge in [0.15, 0.2) is 29.5 Å². The largest absolute Gasteiger partial charge is 0.465 e. The fraction of sp³-hybridized carbons (Fsp3) is 0.836. The van der Waals surface area contributed by atoms with E-state index in [1.165, 1.54) is 11.8 Å². The van der Waals surface area contributed by atoms with E-state index in [9.17, 15) is 96.1 Å². The zero-order valence-corrected chi connectivity index (χ0v) is 91.3. The van der Waals surface area contributed by atoms with Crippen molar-refractivity contribution in [3.05, 3.63) is 0 Å². The smallest absolute Gasteiger partial charge is 0.344 e. The van der Waals surface area contributed by atoms with E-state index in [2.05, 4.69) is 18.2 Å². The van der Waals surface area contributed by atoms with Gasteiger partial charge in [0.1, 0.15) is 83.6 Å². The highest BCUT2D eigenvalue weighted by Crippen LogP contribution is 2.67. The van der Waals surface area contributed by atoms with Gasteiger partial charge in [-0.2, -0.15) is 24.2 Å². The van der Waals surface area contributed by atoms with Crippen LogP contribution in [0.4, 0.5) is 0 Å². The van der Waals surface area contributed by atoms with Crippen LogP contribution in [0, 0.1) is 171 Å². The predicted octanol–water partition coefficient (Wildman–Crippen LogP) is 14.5. The molecule has 0 radical (unpaired) electrons. The molecule has 818 valence electrons. The molecule has 20 bridgehead atoms. The molecule has 0 aromatic heterocycles. The number of esters is 15. The van der Waals surface area contributed by atoms with Crippen molar-refractivity contribution < 1.29 is 156 Å². The molecule has 12 heterocycles. The third kappa shape index (κ3) is 21.3. The van der Waals surface area contributed by atoms with Crippen LogP contribution in [-0.2, 0) is 157 Å². The number of hydrogen-bond acceptors (Lipinski definition) is 37. The molecule has 12 saturated heterocycles. The number of carbonyl (C=O) groups excluding carboxylic acids is 15. The summed E-state index contributed by atoms with van der Waals surface area (Å²) >= 11 is 1.51. The van der Waals surface area contributed by atoms with Crippen LogP contribution in [0.1, 0.15) is 325 Å². The first-order valence-corrected chi connectivity index (χ1v) is 56.5. The van der Waals surface area contributed by atoms with Crippen LogP contribution in [0.5, 0.6) is 0 Å². The van der Waals surface area contributed by atoms with Gasteiger partial charge in [0.25, 0.3) is 10.1 Å². The third-order valence-corrected chi connectivity index (χ3v) is 41.9.